The van der Waals surface area contributed by atoms with Gasteiger partial charge in [0.2, 0.25) is 11.8 Å². The molecule has 0 aliphatic heterocycles. The van der Waals surface area contributed by atoms with Gasteiger partial charge in [0.1, 0.15) is 17.7 Å². The van der Waals surface area contributed by atoms with Gasteiger partial charge in [-0.3, -0.25) is 9.59 Å². The van der Waals surface area contributed by atoms with E-state index in [-0.39, 0.29) is 29.8 Å². The molecule has 202 valence electrons. The number of hydrogen-bond donors (Lipinski definition) is 2. The monoisotopic (exact) mass is 501 g/mol. The van der Waals surface area contributed by atoms with Crippen LogP contribution in [0, 0.1) is 19.8 Å². The average molecular weight is 502 g/mol. The minimum absolute atomic E-state index is 0.00161. The lowest BCUT2D eigenvalue weighted by molar-refractivity contribution is -0.143. The highest BCUT2D eigenvalue weighted by molar-refractivity contribution is 5.93. The molecule has 1 aliphatic rings. The third-order valence-corrected chi connectivity index (χ3v) is 6.25. The van der Waals surface area contributed by atoms with Crippen LogP contribution >= 0.6 is 0 Å². The third-order valence-electron chi connectivity index (χ3n) is 6.25. The Morgan fingerprint density at radius 2 is 1.72 bits per heavy atom. The summed E-state index contributed by atoms with van der Waals surface area (Å²) in [6.45, 7) is 17.5. The number of benzene rings is 1. The van der Waals surface area contributed by atoms with Crippen LogP contribution in [-0.4, -0.2) is 46.5 Å². The van der Waals surface area contributed by atoms with Crippen LogP contribution in [0.3, 0.4) is 0 Å². The smallest absolute Gasteiger partial charge is 0.408 e. The average Bonchev–Trinajstić information content (AvgIpc) is 3.55. The lowest BCUT2D eigenvalue weighted by Crippen LogP contribution is -2.54. The molecule has 1 aromatic rings. The van der Waals surface area contributed by atoms with Gasteiger partial charge in [0.05, 0.1) is 0 Å². The fourth-order valence-corrected chi connectivity index (χ4v) is 4.57. The fraction of sp³-hybridized carbons (Fsp3) is 0.690. The van der Waals surface area contributed by atoms with Gasteiger partial charge in [-0.05, 0) is 84.3 Å². The molecule has 0 radical (unpaired) electrons. The summed E-state index contributed by atoms with van der Waals surface area (Å²) in [5.74, 6) is -0.253. The highest BCUT2D eigenvalue weighted by atomic mass is 16.6. The molecule has 7 nitrogen and oxygen atoms in total. The molecular weight excluding hydrogens is 454 g/mol. The highest BCUT2D eigenvalue weighted by Crippen LogP contribution is 2.37. The first kappa shape index (κ1) is 29.7. The van der Waals surface area contributed by atoms with Crippen LogP contribution in [0.1, 0.15) is 103 Å². The van der Waals surface area contributed by atoms with Crippen molar-refractivity contribution in [3.05, 3.63) is 34.9 Å². The molecule has 2 rings (SSSR count). The van der Waals surface area contributed by atoms with Gasteiger partial charge in [0.25, 0.3) is 0 Å². The summed E-state index contributed by atoms with van der Waals surface area (Å²) in [7, 11) is 0. The minimum atomic E-state index is -0.783. The van der Waals surface area contributed by atoms with Gasteiger partial charge >= 0.3 is 6.09 Å². The van der Waals surface area contributed by atoms with Gasteiger partial charge in [-0.2, -0.15) is 0 Å². The molecule has 3 amide bonds. The van der Waals surface area contributed by atoms with Gasteiger partial charge in [-0.25, -0.2) is 4.79 Å². The quantitative estimate of drug-likeness (QED) is 0.414. The van der Waals surface area contributed by atoms with Crippen LogP contribution in [0.2, 0.25) is 0 Å². The standard InChI is InChI=1S/C29H47N3O4/c1-10-11-21(6)30-26(33)25(23-15-12-19(4)17-20(23)5)32(22-13-14-22)27(34)24(16-18(2)3)31-28(35)36-29(7,8)9/h12,15,17-18,21-22,24-25H,10-11,13-14,16H2,1-9H3,(H,30,33)(H,31,35). The van der Waals surface area contributed by atoms with Gasteiger partial charge < -0.3 is 20.3 Å². The Morgan fingerprint density at radius 1 is 1.08 bits per heavy atom. The molecular formula is C29H47N3O4. The molecule has 2 N–H and O–H groups in total. The Balaban J connectivity index is 2.48. The van der Waals surface area contributed by atoms with Crippen molar-refractivity contribution in [2.75, 3.05) is 0 Å². The lowest BCUT2D eigenvalue weighted by Gasteiger charge is -2.36. The maximum absolute atomic E-state index is 14.1. The number of aryl methyl sites for hydroxylation is 2. The van der Waals surface area contributed by atoms with E-state index in [0.717, 1.165) is 42.4 Å². The van der Waals surface area contributed by atoms with Crippen molar-refractivity contribution in [2.24, 2.45) is 5.92 Å². The number of hydrogen-bond acceptors (Lipinski definition) is 4. The van der Waals surface area contributed by atoms with Gasteiger partial charge in [0.15, 0.2) is 0 Å². The Labute approximate surface area is 217 Å². The largest absolute Gasteiger partial charge is 0.444 e. The van der Waals surface area contributed by atoms with Crippen molar-refractivity contribution in [3.63, 3.8) is 0 Å². The zero-order valence-electron chi connectivity index (χ0n) is 23.7. The van der Waals surface area contributed by atoms with Crippen molar-refractivity contribution < 1.29 is 19.1 Å². The molecule has 0 spiro atoms. The first-order valence-electron chi connectivity index (χ1n) is 13.4. The Bertz CT molecular complexity index is 918. The zero-order valence-corrected chi connectivity index (χ0v) is 23.7. The molecule has 1 aliphatic carbocycles. The molecule has 3 atom stereocenters. The summed E-state index contributed by atoms with van der Waals surface area (Å²) in [6.07, 6.45) is 3.32. The number of amides is 3. The molecule has 1 fully saturated rings. The summed E-state index contributed by atoms with van der Waals surface area (Å²) in [5, 5.41) is 5.96. The molecule has 1 saturated carbocycles. The van der Waals surface area contributed by atoms with Crippen molar-refractivity contribution >= 4 is 17.9 Å². The van der Waals surface area contributed by atoms with E-state index < -0.39 is 23.8 Å². The van der Waals surface area contributed by atoms with Crippen molar-refractivity contribution in [3.8, 4) is 0 Å². The molecule has 36 heavy (non-hydrogen) atoms. The summed E-state index contributed by atoms with van der Waals surface area (Å²) >= 11 is 0. The van der Waals surface area contributed by atoms with Crippen LogP contribution in [0.25, 0.3) is 0 Å². The third kappa shape index (κ3) is 8.82. The molecule has 1 aromatic carbocycles. The summed E-state index contributed by atoms with van der Waals surface area (Å²) in [5.41, 5.74) is 2.21. The van der Waals surface area contributed by atoms with Crippen LogP contribution < -0.4 is 10.6 Å². The summed E-state index contributed by atoms with van der Waals surface area (Å²) < 4.78 is 5.46. The van der Waals surface area contributed by atoms with E-state index in [1.54, 1.807) is 25.7 Å². The predicted molar refractivity (Wildman–Crippen MR) is 144 cm³/mol. The Morgan fingerprint density at radius 3 is 2.22 bits per heavy atom. The molecule has 3 unspecified atom stereocenters. The molecule has 0 heterocycles. The minimum Gasteiger partial charge on any atom is -0.444 e. The first-order valence-corrected chi connectivity index (χ1v) is 13.4. The van der Waals surface area contributed by atoms with E-state index in [2.05, 4.69) is 17.6 Å². The Hall–Kier alpha value is -2.57. The van der Waals surface area contributed by atoms with E-state index >= 15 is 0 Å². The molecule has 0 aromatic heterocycles. The second-order valence-corrected chi connectivity index (χ2v) is 11.8. The fourth-order valence-electron chi connectivity index (χ4n) is 4.57. The van der Waals surface area contributed by atoms with E-state index in [4.69, 9.17) is 4.74 Å². The number of carbonyl (C=O) groups is 3. The Kier molecular flexibility index (Phi) is 10.4. The number of nitrogens with one attached hydrogen (secondary N) is 2. The number of nitrogens with zero attached hydrogens (tertiary/aromatic N) is 1. The second kappa shape index (κ2) is 12.6. The lowest BCUT2D eigenvalue weighted by atomic mass is 9.95. The molecule has 7 heteroatoms. The van der Waals surface area contributed by atoms with Gasteiger partial charge in [-0.1, -0.05) is 51.0 Å². The van der Waals surface area contributed by atoms with Gasteiger partial charge in [-0.15, -0.1) is 0 Å². The molecule has 0 bridgehead atoms. The van der Waals surface area contributed by atoms with E-state index in [1.165, 1.54) is 0 Å². The van der Waals surface area contributed by atoms with Crippen LogP contribution in [0.5, 0.6) is 0 Å². The SMILES string of the molecule is CCCC(C)NC(=O)C(c1ccc(C)cc1C)N(C(=O)C(CC(C)C)NC(=O)OC(C)(C)C)C1CC1. The summed E-state index contributed by atoms with van der Waals surface area (Å²) in [6, 6.07) is 4.41. The predicted octanol–water partition coefficient (Wildman–Crippen LogP) is 5.58. The number of alkyl carbamates (subject to hydrolysis) is 1. The maximum Gasteiger partial charge on any atom is 0.408 e. The number of ether oxygens (including phenoxy) is 1. The van der Waals surface area contributed by atoms with Crippen LogP contribution in [0.15, 0.2) is 18.2 Å². The second-order valence-electron chi connectivity index (χ2n) is 11.8. The first-order chi connectivity index (χ1) is 16.7. The van der Waals surface area contributed by atoms with E-state index in [9.17, 15) is 14.4 Å². The van der Waals surface area contributed by atoms with Crippen LogP contribution in [-0.2, 0) is 14.3 Å². The highest BCUT2D eigenvalue weighted by Gasteiger charge is 2.44. The number of carbonyl (C=O) groups excluding carboxylic acids is 3. The number of rotatable bonds is 11. The topological polar surface area (TPSA) is 87.7 Å². The summed E-state index contributed by atoms with van der Waals surface area (Å²) in [4.78, 5) is 42.3. The van der Waals surface area contributed by atoms with Gasteiger partial charge in [0, 0.05) is 12.1 Å². The van der Waals surface area contributed by atoms with Crippen molar-refractivity contribution in [2.45, 2.75) is 124 Å². The maximum atomic E-state index is 14.1. The van der Waals surface area contributed by atoms with E-state index in [0.29, 0.717) is 6.42 Å². The van der Waals surface area contributed by atoms with Crippen molar-refractivity contribution in [1.29, 1.82) is 0 Å². The molecule has 0 saturated heterocycles. The van der Waals surface area contributed by atoms with Crippen LogP contribution in [0.4, 0.5) is 4.79 Å². The van der Waals surface area contributed by atoms with Crippen molar-refractivity contribution in [1.82, 2.24) is 15.5 Å². The van der Waals surface area contributed by atoms with E-state index in [1.807, 2.05) is 52.8 Å². The normalized spacial score (nSPS) is 16.2. The zero-order chi connectivity index (χ0) is 27.2.